The number of hydrogen-bond acceptors (Lipinski definition) is 4. The zero-order chi connectivity index (χ0) is 20.3. The van der Waals surface area contributed by atoms with E-state index in [9.17, 15) is 9.59 Å². The van der Waals surface area contributed by atoms with Crippen LogP contribution in [0.25, 0.3) is 0 Å². The SMILES string of the molecule is CN(C)C(=O)c1cn[nH]c1C1CCCN(C(=O)NCC(C)(C)c2cccs2)C1. The number of amides is 3. The van der Waals surface area contributed by atoms with E-state index in [4.69, 9.17) is 0 Å². The van der Waals surface area contributed by atoms with E-state index in [1.54, 1.807) is 36.5 Å². The van der Waals surface area contributed by atoms with E-state index in [1.165, 1.54) is 4.88 Å². The third-order valence-corrected chi connectivity index (χ3v) is 6.53. The monoisotopic (exact) mass is 403 g/mol. The quantitative estimate of drug-likeness (QED) is 0.805. The summed E-state index contributed by atoms with van der Waals surface area (Å²) in [5, 5.41) is 12.2. The summed E-state index contributed by atoms with van der Waals surface area (Å²) < 4.78 is 0. The minimum absolute atomic E-state index is 0.0469. The third kappa shape index (κ3) is 4.38. The number of piperidine rings is 1. The first-order valence-corrected chi connectivity index (χ1v) is 10.5. The van der Waals surface area contributed by atoms with Gasteiger partial charge in [-0.3, -0.25) is 9.89 Å². The zero-order valence-corrected chi connectivity index (χ0v) is 17.8. The minimum Gasteiger partial charge on any atom is -0.345 e. The van der Waals surface area contributed by atoms with E-state index in [0.717, 1.165) is 25.1 Å². The predicted molar refractivity (Wildman–Crippen MR) is 111 cm³/mol. The lowest BCUT2D eigenvalue weighted by Gasteiger charge is -2.34. The normalized spacial score (nSPS) is 17.4. The van der Waals surface area contributed by atoms with Gasteiger partial charge in [0.25, 0.3) is 5.91 Å². The Balaban J connectivity index is 1.63. The van der Waals surface area contributed by atoms with Gasteiger partial charge in [0.05, 0.1) is 17.5 Å². The highest BCUT2D eigenvalue weighted by molar-refractivity contribution is 7.10. The second-order valence-electron chi connectivity index (χ2n) is 8.20. The summed E-state index contributed by atoms with van der Waals surface area (Å²) in [6.45, 7) is 6.18. The average molecular weight is 404 g/mol. The van der Waals surface area contributed by atoms with Gasteiger partial charge in [0.1, 0.15) is 0 Å². The molecular formula is C20H29N5O2S. The number of aromatic amines is 1. The second kappa shape index (κ2) is 8.34. The Bertz CT molecular complexity index is 812. The fraction of sp³-hybridized carbons (Fsp3) is 0.550. The Morgan fingerprint density at radius 3 is 2.89 bits per heavy atom. The van der Waals surface area contributed by atoms with Gasteiger partial charge in [-0.1, -0.05) is 19.9 Å². The van der Waals surface area contributed by atoms with Crippen molar-refractivity contribution in [3.8, 4) is 0 Å². The molecule has 28 heavy (non-hydrogen) atoms. The van der Waals surface area contributed by atoms with Gasteiger partial charge in [-0.05, 0) is 24.3 Å². The van der Waals surface area contributed by atoms with Crippen LogP contribution in [0.5, 0.6) is 0 Å². The largest absolute Gasteiger partial charge is 0.345 e. The van der Waals surface area contributed by atoms with Crippen LogP contribution in [0.4, 0.5) is 4.79 Å². The van der Waals surface area contributed by atoms with E-state index >= 15 is 0 Å². The molecule has 2 aromatic rings. The molecule has 3 amide bonds. The number of likely N-dealkylation sites (tertiary alicyclic amines) is 1. The maximum absolute atomic E-state index is 12.8. The van der Waals surface area contributed by atoms with Crippen molar-refractivity contribution >= 4 is 23.3 Å². The smallest absolute Gasteiger partial charge is 0.317 e. The molecule has 1 unspecified atom stereocenters. The van der Waals surface area contributed by atoms with E-state index in [2.05, 4.69) is 40.8 Å². The van der Waals surface area contributed by atoms with Crippen molar-refractivity contribution < 1.29 is 9.59 Å². The van der Waals surface area contributed by atoms with Crippen molar-refractivity contribution in [3.05, 3.63) is 39.8 Å². The number of urea groups is 1. The molecule has 1 aliphatic heterocycles. The summed E-state index contributed by atoms with van der Waals surface area (Å²) in [6, 6.07) is 4.10. The predicted octanol–water partition coefficient (Wildman–Crippen LogP) is 3.04. The fourth-order valence-electron chi connectivity index (χ4n) is 3.58. The molecule has 1 aliphatic rings. The molecule has 2 N–H and O–H groups in total. The van der Waals surface area contributed by atoms with Crippen LogP contribution in [0.3, 0.4) is 0 Å². The molecular weight excluding hydrogens is 374 g/mol. The van der Waals surface area contributed by atoms with Crippen LogP contribution in [0, 0.1) is 0 Å². The first-order chi connectivity index (χ1) is 13.3. The number of aromatic nitrogens is 2. The van der Waals surface area contributed by atoms with Gasteiger partial charge >= 0.3 is 6.03 Å². The van der Waals surface area contributed by atoms with Crippen LogP contribution in [-0.4, -0.2) is 65.7 Å². The maximum Gasteiger partial charge on any atom is 0.317 e. The molecule has 0 saturated carbocycles. The van der Waals surface area contributed by atoms with Crippen LogP contribution in [0.2, 0.25) is 0 Å². The lowest BCUT2D eigenvalue weighted by Crippen LogP contribution is -2.48. The molecule has 0 bridgehead atoms. The number of H-pyrrole nitrogens is 1. The number of nitrogens with zero attached hydrogens (tertiary/aromatic N) is 3. The Morgan fingerprint density at radius 1 is 1.43 bits per heavy atom. The average Bonchev–Trinajstić information content (AvgIpc) is 3.37. The summed E-state index contributed by atoms with van der Waals surface area (Å²) in [6.07, 6.45) is 3.42. The number of thiophene rings is 1. The van der Waals surface area contributed by atoms with Crippen LogP contribution in [0.15, 0.2) is 23.7 Å². The van der Waals surface area contributed by atoms with E-state index in [1.807, 2.05) is 11.0 Å². The second-order valence-corrected chi connectivity index (χ2v) is 9.15. The Morgan fingerprint density at radius 2 is 2.21 bits per heavy atom. The Kier molecular flexibility index (Phi) is 6.07. The molecule has 0 radical (unpaired) electrons. The van der Waals surface area contributed by atoms with Gasteiger partial charge in [0, 0.05) is 49.9 Å². The molecule has 0 spiro atoms. The van der Waals surface area contributed by atoms with E-state index in [-0.39, 0.29) is 23.3 Å². The summed E-state index contributed by atoms with van der Waals surface area (Å²) in [7, 11) is 3.46. The Hall–Kier alpha value is -2.35. The molecule has 1 fully saturated rings. The number of nitrogens with one attached hydrogen (secondary N) is 2. The number of hydrogen-bond donors (Lipinski definition) is 2. The summed E-state index contributed by atoms with van der Waals surface area (Å²) in [4.78, 5) is 29.8. The van der Waals surface area contributed by atoms with Crippen LogP contribution in [0.1, 0.15) is 53.5 Å². The highest BCUT2D eigenvalue weighted by atomic mass is 32.1. The van der Waals surface area contributed by atoms with Crippen LogP contribution >= 0.6 is 11.3 Å². The molecule has 0 aromatic carbocycles. The number of carbonyl (C=O) groups is 2. The van der Waals surface area contributed by atoms with E-state index < -0.39 is 0 Å². The first kappa shape index (κ1) is 20.4. The minimum atomic E-state index is -0.103. The molecule has 2 aromatic heterocycles. The Labute approximate surface area is 170 Å². The van der Waals surface area contributed by atoms with Crippen LogP contribution in [-0.2, 0) is 5.41 Å². The number of carbonyl (C=O) groups excluding carboxylic acids is 2. The molecule has 152 valence electrons. The van der Waals surface area contributed by atoms with Crippen molar-refractivity contribution in [1.82, 2.24) is 25.3 Å². The van der Waals surface area contributed by atoms with Gasteiger partial charge in [0.15, 0.2) is 0 Å². The van der Waals surface area contributed by atoms with Gasteiger partial charge in [0.2, 0.25) is 0 Å². The van der Waals surface area contributed by atoms with Gasteiger partial charge in [-0.15, -0.1) is 11.3 Å². The van der Waals surface area contributed by atoms with Crippen LogP contribution < -0.4 is 5.32 Å². The van der Waals surface area contributed by atoms with E-state index in [0.29, 0.717) is 18.7 Å². The topological polar surface area (TPSA) is 81.3 Å². The molecule has 3 heterocycles. The highest BCUT2D eigenvalue weighted by Gasteiger charge is 2.30. The van der Waals surface area contributed by atoms with Crippen molar-refractivity contribution in [1.29, 1.82) is 0 Å². The number of rotatable bonds is 5. The highest BCUT2D eigenvalue weighted by Crippen LogP contribution is 2.29. The molecule has 1 saturated heterocycles. The lowest BCUT2D eigenvalue weighted by atomic mass is 9.91. The van der Waals surface area contributed by atoms with Crippen molar-refractivity contribution in [2.75, 3.05) is 33.7 Å². The lowest BCUT2D eigenvalue weighted by molar-refractivity contribution is 0.0825. The molecule has 1 atom stereocenters. The fourth-order valence-corrected chi connectivity index (χ4v) is 4.43. The first-order valence-electron chi connectivity index (χ1n) is 9.61. The standard InChI is InChI=1S/C20H29N5O2S/c1-20(2,16-8-6-10-28-16)13-21-19(27)25-9-5-7-14(12-25)17-15(11-22-23-17)18(26)24(3)4/h6,8,10-11,14H,5,7,9,12-13H2,1-4H3,(H,21,27)(H,22,23). The molecule has 0 aliphatic carbocycles. The van der Waals surface area contributed by atoms with Crippen molar-refractivity contribution in [2.45, 2.75) is 38.0 Å². The molecule has 3 rings (SSSR count). The summed E-state index contributed by atoms with van der Waals surface area (Å²) >= 11 is 1.71. The van der Waals surface area contributed by atoms with Gasteiger partial charge in [-0.25, -0.2) is 4.79 Å². The summed E-state index contributed by atoms with van der Waals surface area (Å²) in [5.74, 6) is 0.0224. The maximum atomic E-state index is 12.8. The van der Waals surface area contributed by atoms with Gasteiger partial charge < -0.3 is 15.1 Å². The molecule has 7 nitrogen and oxygen atoms in total. The van der Waals surface area contributed by atoms with Crippen molar-refractivity contribution in [3.63, 3.8) is 0 Å². The third-order valence-electron chi connectivity index (χ3n) is 5.29. The van der Waals surface area contributed by atoms with Gasteiger partial charge in [-0.2, -0.15) is 5.10 Å². The van der Waals surface area contributed by atoms with Crippen molar-refractivity contribution in [2.24, 2.45) is 0 Å². The molecule has 8 heteroatoms. The summed E-state index contributed by atoms with van der Waals surface area (Å²) in [5.41, 5.74) is 1.32. The zero-order valence-electron chi connectivity index (χ0n) is 17.0.